The van der Waals surface area contributed by atoms with E-state index in [4.69, 9.17) is 9.05 Å². The Bertz CT molecular complexity index is 881. The standard InChI is InChI=1S/C18H18N4O3/c1-11-15(12(2)24-20-11)18(23)22-9-8-14(10-22)16-19-17(25-21-16)13-6-4-3-5-7-13/h3-7,14H,8-10H2,1-2H3/t14-/m0/s1. The summed E-state index contributed by atoms with van der Waals surface area (Å²) in [5.41, 5.74) is 2.07. The molecule has 1 fully saturated rings. The molecule has 1 saturated heterocycles. The van der Waals surface area contributed by atoms with Crippen LogP contribution in [0.15, 0.2) is 39.4 Å². The summed E-state index contributed by atoms with van der Waals surface area (Å²) in [6, 6.07) is 9.66. The van der Waals surface area contributed by atoms with E-state index in [0.29, 0.717) is 41.8 Å². The van der Waals surface area contributed by atoms with Gasteiger partial charge in [0.25, 0.3) is 11.8 Å². The lowest BCUT2D eigenvalue weighted by atomic mass is 10.1. The van der Waals surface area contributed by atoms with Gasteiger partial charge in [0.1, 0.15) is 11.3 Å². The van der Waals surface area contributed by atoms with Crippen molar-refractivity contribution in [1.29, 1.82) is 0 Å². The molecule has 1 aromatic carbocycles. The van der Waals surface area contributed by atoms with Crippen molar-refractivity contribution in [3.05, 3.63) is 53.2 Å². The Hall–Kier alpha value is -2.96. The molecule has 3 heterocycles. The summed E-state index contributed by atoms with van der Waals surface area (Å²) in [7, 11) is 0. The van der Waals surface area contributed by atoms with Crippen molar-refractivity contribution in [1.82, 2.24) is 20.2 Å². The monoisotopic (exact) mass is 338 g/mol. The van der Waals surface area contributed by atoms with Gasteiger partial charge in [-0.25, -0.2) is 0 Å². The maximum atomic E-state index is 12.7. The molecule has 128 valence electrons. The van der Waals surface area contributed by atoms with Crippen LogP contribution in [0.2, 0.25) is 0 Å². The first-order valence-corrected chi connectivity index (χ1v) is 8.24. The number of carbonyl (C=O) groups excluding carboxylic acids is 1. The molecule has 7 heteroatoms. The normalized spacial score (nSPS) is 17.2. The quantitative estimate of drug-likeness (QED) is 0.730. The third-order valence-electron chi connectivity index (χ3n) is 4.55. The molecule has 1 amide bonds. The first-order valence-electron chi connectivity index (χ1n) is 8.24. The molecule has 0 unspecified atom stereocenters. The van der Waals surface area contributed by atoms with E-state index in [2.05, 4.69) is 15.3 Å². The van der Waals surface area contributed by atoms with Gasteiger partial charge in [0, 0.05) is 24.6 Å². The molecule has 7 nitrogen and oxygen atoms in total. The van der Waals surface area contributed by atoms with Gasteiger partial charge in [0.15, 0.2) is 5.82 Å². The summed E-state index contributed by atoms with van der Waals surface area (Å²) in [6.07, 6.45) is 0.808. The largest absolute Gasteiger partial charge is 0.361 e. The van der Waals surface area contributed by atoms with Gasteiger partial charge in [0.2, 0.25) is 0 Å². The van der Waals surface area contributed by atoms with Gasteiger partial charge in [0.05, 0.1) is 5.69 Å². The predicted molar refractivity (Wildman–Crippen MR) is 89.0 cm³/mol. The number of nitrogens with zero attached hydrogens (tertiary/aromatic N) is 4. The van der Waals surface area contributed by atoms with Crippen LogP contribution in [-0.4, -0.2) is 39.2 Å². The van der Waals surface area contributed by atoms with Crippen molar-refractivity contribution in [3.8, 4) is 11.5 Å². The Morgan fingerprint density at radius 3 is 2.68 bits per heavy atom. The average molecular weight is 338 g/mol. The van der Waals surface area contributed by atoms with Crippen molar-refractivity contribution < 1.29 is 13.8 Å². The zero-order valence-electron chi connectivity index (χ0n) is 14.1. The highest BCUT2D eigenvalue weighted by atomic mass is 16.5. The zero-order chi connectivity index (χ0) is 17.4. The first-order chi connectivity index (χ1) is 12.1. The first kappa shape index (κ1) is 15.6. The molecule has 1 atom stereocenters. The fourth-order valence-electron chi connectivity index (χ4n) is 3.20. The van der Waals surface area contributed by atoms with E-state index in [1.807, 2.05) is 30.3 Å². The zero-order valence-corrected chi connectivity index (χ0v) is 14.1. The lowest BCUT2D eigenvalue weighted by Crippen LogP contribution is -2.29. The molecule has 0 spiro atoms. The van der Waals surface area contributed by atoms with Gasteiger partial charge >= 0.3 is 0 Å². The summed E-state index contributed by atoms with van der Waals surface area (Å²) < 4.78 is 10.5. The van der Waals surface area contributed by atoms with Crippen LogP contribution in [0.4, 0.5) is 0 Å². The number of rotatable bonds is 3. The third kappa shape index (κ3) is 2.82. The number of hydrogen-bond acceptors (Lipinski definition) is 6. The molecule has 0 bridgehead atoms. The van der Waals surface area contributed by atoms with Crippen molar-refractivity contribution in [2.24, 2.45) is 0 Å². The van der Waals surface area contributed by atoms with Crippen molar-refractivity contribution in [2.75, 3.05) is 13.1 Å². The Kier molecular flexibility index (Phi) is 3.83. The Labute approximate surface area is 144 Å². The minimum atomic E-state index is -0.0504. The molecule has 0 saturated carbocycles. The van der Waals surface area contributed by atoms with E-state index in [9.17, 15) is 4.79 Å². The lowest BCUT2D eigenvalue weighted by molar-refractivity contribution is 0.0788. The van der Waals surface area contributed by atoms with Crippen molar-refractivity contribution >= 4 is 5.91 Å². The maximum absolute atomic E-state index is 12.7. The number of benzene rings is 1. The van der Waals surface area contributed by atoms with E-state index in [-0.39, 0.29) is 11.8 Å². The molecule has 0 aliphatic carbocycles. The minimum Gasteiger partial charge on any atom is -0.361 e. The molecule has 1 aliphatic heterocycles. The Morgan fingerprint density at radius 2 is 1.96 bits per heavy atom. The van der Waals surface area contributed by atoms with Crippen LogP contribution < -0.4 is 0 Å². The number of hydrogen-bond donors (Lipinski definition) is 0. The fourth-order valence-corrected chi connectivity index (χ4v) is 3.20. The summed E-state index contributed by atoms with van der Waals surface area (Å²) in [5.74, 6) is 1.73. The fraction of sp³-hybridized carbons (Fsp3) is 0.333. The Morgan fingerprint density at radius 1 is 1.16 bits per heavy atom. The smallest absolute Gasteiger partial charge is 0.259 e. The summed E-state index contributed by atoms with van der Waals surface area (Å²) in [6.45, 7) is 4.76. The highest BCUT2D eigenvalue weighted by Crippen LogP contribution is 2.29. The predicted octanol–water partition coefficient (Wildman–Crippen LogP) is 2.97. The average Bonchev–Trinajstić information content (AvgIpc) is 3.35. The number of amides is 1. The molecule has 4 rings (SSSR count). The minimum absolute atomic E-state index is 0.0504. The van der Waals surface area contributed by atoms with Crippen LogP contribution in [0.25, 0.3) is 11.5 Å². The highest BCUT2D eigenvalue weighted by molar-refractivity contribution is 5.96. The molecular formula is C18H18N4O3. The summed E-state index contributed by atoms with van der Waals surface area (Å²) >= 11 is 0. The molecule has 25 heavy (non-hydrogen) atoms. The SMILES string of the molecule is Cc1noc(C)c1C(=O)N1CC[C@H](c2noc(-c3ccccc3)n2)C1. The number of carbonyl (C=O) groups is 1. The van der Waals surface area contributed by atoms with Gasteiger partial charge in [-0.1, -0.05) is 28.5 Å². The second kappa shape index (κ2) is 6.16. The van der Waals surface area contributed by atoms with Gasteiger partial charge < -0.3 is 13.9 Å². The maximum Gasteiger partial charge on any atom is 0.259 e. The van der Waals surface area contributed by atoms with Gasteiger partial charge in [-0.15, -0.1) is 0 Å². The van der Waals surface area contributed by atoms with Crippen LogP contribution in [-0.2, 0) is 0 Å². The molecule has 0 N–H and O–H groups in total. The van der Waals surface area contributed by atoms with E-state index >= 15 is 0 Å². The van der Waals surface area contributed by atoms with Crippen LogP contribution in [0.3, 0.4) is 0 Å². The van der Waals surface area contributed by atoms with E-state index in [1.165, 1.54) is 0 Å². The Balaban J connectivity index is 1.50. The molecule has 3 aromatic rings. The van der Waals surface area contributed by atoms with Crippen LogP contribution in [0, 0.1) is 13.8 Å². The van der Waals surface area contributed by atoms with Crippen molar-refractivity contribution in [3.63, 3.8) is 0 Å². The van der Waals surface area contributed by atoms with Crippen LogP contribution >= 0.6 is 0 Å². The summed E-state index contributed by atoms with van der Waals surface area (Å²) in [5, 5.41) is 7.97. The topological polar surface area (TPSA) is 85.3 Å². The second-order valence-electron chi connectivity index (χ2n) is 6.26. The van der Waals surface area contributed by atoms with Crippen LogP contribution in [0.5, 0.6) is 0 Å². The lowest BCUT2D eigenvalue weighted by Gasteiger charge is -2.15. The molecular weight excluding hydrogens is 320 g/mol. The van der Waals surface area contributed by atoms with E-state index in [1.54, 1.807) is 18.7 Å². The third-order valence-corrected chi connectivity index (χ3v) is 4.55. The number of aryl methyl sites for hydroxylation is 2. The van der Waals surface area contributed by atoms with Gasteiger partial charge in [-0.05, 0) is 32.4 Å². The number of aromatic nitrogens is 3. The second-order valence-corrected chi connectivity index (χ2v) is 6.26. The summed E-state index contributed by atoms with van der Waals surface area (Å²) in [4.78, 5) is 19.0. The molecule has 1 aliphatic rings. The van der Waals surface area contributed by atoms with Gasteiger partial charge in [-0.3, -0.25) is 4.79 Å². The van der Waals surface area contributed by atoms with E-state index in [0.717, 1.165) is 12.0 Å². The molecule has 0 radical (unpaired) electrons. The van der Waals surface area contributed by atoms with Crippen molar-refractivity contribution in [2.45, 2.75) is 26.2 Å². The number of likely N-dealkylation sites (tertiary alicyclic amines) is 1. The van der Waals surface area contributed by atoms with Gasteiger partial charge in [-0.2, -0.15) is 4.98 Å². The molecule has 2 aromatic heterocycles. The van der Waals surface area contributed by atoms with Crippen LogP contribution in [0.1, 0.15) is 40.0 Å². The van der Waals surface area contributed by atoms with E-state index < -0.39 is 0 Å². The highest BCUT2D eigenvalue weighted by Gasteiger charge is 2.33.